The molecule has 0 amide bonds. The first-order valence-corrected chi connectivity index (χ1v) is 10.3. The molecule has 1 N–H and O–H groups in total. The molecule has 7 nitrogen and oxygen atoms in total. The van der Waals surface area contributed by atoms with Crippen molar-refractivity contribution < 1.29 is 27.3 Å². The zero-order valence-corrected chi connectivity index (χ0v) is 15.8. The number of ether oxygens (including phenoxy) is 1. The largest absolute Gasteiger partial charge is 0.465 e. The van der Waals surface area contributed by atoms with Crippen molar-refractivity contribution >= 4 is 27.3 Å². The number of sulfonamides is 1. The first-order chi connectivity index (χ1) is 11.9. The summed E-state index contributed by atoms with van der Waals surface area (Å²) in [5.74, 6) is 0.844. The van der Waals surface area contributed by atoms with Crippen LogP contribution in [0.4, 0.5) is 0 Å². The maximum absolute atomic E-state index is 12.5. The number of methoxy groups -OCH3 is 1. The van der Waals surface area contributed by atoms with Crippen molar-refractivity contribution in [2.75, 3.05) is 33.3 Å². The predicted octanol–water partition coefficient (Wildman–Crippen LogP) is 0.526. The Morgan fingerprint density at radius 1 is 1.40 bits per heavy atom. The van der Waals surface area contributed by atoms with Crippen LogP contribution < -0.4 is 4.90 Å². The minimum Gasteiger partial charge on any atom is -0.465 e. The molecule has 0 unspecified atom stereocenters. The molecular formula is C16H21N2O5S2+. The molecule has 136 valence electrons. The van der Waals surface area contributed by atoms with Crippen LogP contribution in [0, 0.1) is 6.92 Å². The molecule has 3 rings (SSSR count). The molecule has 25 heavy (non-hydrogen) atoms. The molecule has 1 saturated heterocycles. The van der Waals surface area contributed by atoms with Crippen molar-refractivity contribution in [1.82, 2.24) is 4.31 Å². The second-order valence-electron chi connectivity index (χ2n) is 5.94. The van der Waals surface area contributed by atoms with E-state index in [0.717, 1.165) is 0 Å². The smallest absolute Gasteiger partial charge is 0.341 e. The molecule has 0 spiro atoms. The molecule has 1 aliphatic rings. The first kappa shape index (κ1) is 18.1. The highest BCUT2D eigenvalue weighted by atomic mass is 32.2. The van der Waals surface area contributed by atoms with E-state index in [0.29, 0.717) is 54.0 Å². The van der Waals surface area contributed by atoms with E-state index in [1.165, 1.54) is 27.7 Å². The number of hydrogen-bond acceptors (Lipinski definition) is 6. The molecule has 0 atom stereocenters. The number of hydrogen-bond donors (Lipinski definition) is 1. The standard InChI is InChI=1S/C16H20N2O5S2/c1-12-14(16(19)22-2)10-13(23-12)11-17-5-7-18(8-6-17)25(20,21)15-4-3-9-24-15/h3-4,9-10H,5-8,11H2,1-2H3/p+1. The van der Waals surface area contributed by atoms with Gasteiger partial charge in [-0.15, -0.1) is 11.3 Å². The van der Waals surface area contributed by atoms with E-state index < -0.39 is 16.0 Å². The number of aryl methyl sites for hydroxylation is 1. The second-order valence-corrected chi connectivity index (χ2v) is 9.05. The van der Waals surface area contributed by atoms with Crippen LogP contribution in [0.25, 0.3) is 0 Å². The molecule has 2 aromatic rings. The normalized spacial score (nSPS) is 16.9. The molecule has 3 heterocycles. The van der Waals surface area contributed by atoms with Gasteiger partial charge in [-0.3, -0.25) is 0 Å². The molecule has 0 radical (unpaired) electrons. The van der Waals surface area contributed by atoms with E-state index in [-0.39, 0.29) is 0 Å². The number of esters is 1. The Hall–Kier alpha value is -1.68. The highest BCUT2D eigenvalue weighted by Gasteiger charge is 2.31. The molecule has 2 aromatic heterocycles. The van der Waals surface area contributed by atoms with E-state index in [1.807, 2.05) is 0 Å². The van der Waals surface area contributed by atoms with Crippen molar-refractivity contribution in [3.8, 4) is 0 Å². The second kappa shape index (κ2) is 7.28. The van der Waals surface area contributed by atoms with Crippen LogP contribution >= 0.6 is 11.3 Å². The molecular weight excluding hydrogens is 364 g/mol. The van der Waals surface area contributed by atoms with Gasteiger partial charge in [-0.1, -0.05) is 6.07 Å². The summed E-state index contributed by atoms with van der Waals surface area (Å²) < 4.78 is 37.4. The minimum absolute atomic E-state index is 0.389. The zero-order valence-electron chi connectivity index (χ0n) is 14.1. The number of thiophene rings is 1. The van der Waals surface area contributed by atoms with Crippen LogP contribution in [0.15, 0.2) is 32.2 Å². The van der Waals surface area contributed by atoms with Crippen LogP contribution in [0.2, 0.25) is 0 Å². The van der Waals surface area contributed by atoms with Crippen molar-refractivity contribution in [3.63, 3.8) is 0 Å². The van der Waals surface area contributed by atoms with Crippen molar-refractivity contribution in [3.05, 3.63) is 40.7 Å². The Kier molecular flexibility index (Phi) is 5.28. The van der Waals surface area contributed by atoms with Gasteiger partial charge < -0.3 is 14.1 Å². The van der Waals surface area contributed by atoms with E-state index >= 15 is 0 Å². The Morgan fingerprint density at radius 2 is 2.12 bits per heavy atom. The zero-order chi connectivity index (χ0) is 18.0. The van der Waals surface area contributed by atoms with Gasteiger partial charge in [0.1, 0.15) is 22.1 Å². The Labute approximate surface area is 150 Å². The van der Waals surface area contributed by atoms with E-state index in [1.54, 1.807) is 30.5 Å². The number of carbonyl (C=O) groups excluding carboxylic acids is 1. The average molecular weight is 385 g/mol. The molecule has 0 bridgehead atoms. The third-order valence-corrected chi connectivity index (χ3v) is 7.59. The Bertz CT molecular complexity index is 834. The van der Waals surface area contributed by atoms with Gasteiger partial charge in [0.25, 0.3) is 10.0 Å². The molecule has 0 aromatic carbocycles. The van der Waals surface area contributed by atoms with Crippen LogP contribution in [0.1, 0.15) is 21.9 Å². The lowest BCUT2D eigenvalue weighted by Gasteiger charge is -2.30. The monoisotopic (exact) mass is 385 g/mol. The maximum Gasteiger partial charge on any atom is 0.341 e. The number of nitrogens with zero attached hydrogens (tertiary/aromatic N) is 1. The number of carbonyl (C=O) groups is 1. The summed E-state index contributed by atoms with van der Waals surface area (Å²) in [6, 6.07) is 5.10. The van der Waals surface area contributed by atoms with Crippen LogP contribution in [0.5, 0.6) is 0 Å². The first-order valence-electron chi connectivity index (χ1n) is 7.96. The van der Waals surface area contributed by atoms with Gasteiger partial charge in [0.15, 0.2) is 5.76 Å². The van der Waals surface area contributed by atoms with Crippen LogP contribution in [0.3, 0.4) is 0 Å². The Morgan fingerprint density at radius 3 is 2.72 bits per heavy atom. The van der Waals surface area contributed by atoms with E-state index in [9.17, 15) is 13.2 Å². The summed E-state index contributed by atoms with van der Waals surface area (Å²) in [7, 11) is -2.04. The molecule has 1 aliphatic heterocycles. The van der Waals surface area contributed by atoms with Crippen LogP contribution in [-0.4, -0.2) is 52.0 Å². The molecule has 9 heteroatoms. The minimum atomic E-state index is -3.38. The van der Waals surface area contributed by atoms with Gasteiger partial charge in [0, 0.05) is 6.07 Å². The highest BCUT2D eigenvalue weighted by Crippen LogP contribution is 2.20. The lowest BCUT2D eigenvalue weighted by atomic mass is 10.2. The molecule has 0 saturated carbocycles. The third-order valence-electron chi connectivity index (χ3n) is 4.32. The van der Waals surface area contributed by atoms with E-state index in [2.05, 4.69) is 0 Å². The maximum atomic E-state index is 12.5. The summed E-state index contributed by atoms with van der Waals surface area (Å²) in [6.45, 7) is 4.68. The van der Waals surface area contributed by atoms with Gasteiger partial charge in [-0.2, -0.15) is 4.31 Å². The van der Waals surface area contributed by atoms with Gasteiger partial charge in [-0.05, 0) is 18.4 Å². The summed E-state index contributed by atoms with van der Waals surface area (Å²) in [4.78, 5) is 12.9. The summed E-state index contributed by atoms with van der Waals surface area (Å²) in [5.41, 5.74) is 0.441. The van der Waals surface area contributed by atoms with Crippen LogP contribution in [-0.2, 0) is 21.3 Å². The SMILES string of the molecule is COC(=O)c1cc(C[NH+]2CCN(S(=O)(=O)c3cccs3)CC2)oc1C. The lowest BCUT2D eigenvalue weighted by Crippen LogP contribution is -3.13. The fraction of sp³-hybridized carbons (Fsp3) is 0.438. The lowest BCUT2D eigenvalue weighted by molar-refractivity contribution is -0.918. The van der Waals surface area contributed by atoms with Gasteiger partial charge in [0.05, 0.1) is 33.3 Å². The summed E-state index contributed by atoms with van der Waals surface area (Å²) >= 11 is 1.24. The van der Waals surface area contributed by atoms with Gasteiger partial charge in [0.2, 0.25) is 0 Å². The number of furan rings is 1. The number of quaternary nitrogens is 1. The number of nitrogens with one attached hydrogen (secondary N) is 1. The van der Waals surface area contributed by atoms with Crippen molar-refractivity contribution in [2.24, 2.45) is 0 Å². The fourth-order valence-electron chi connectivity index (χ4n) is 2.95. The highest BCUT2D eigenvalue weighted by molar-refractivity contribution is 7.91. The number of piperazine rings is 1. The van der Waals surface area contributed by atoms with Gasteiger partial charge >= 0.3 is 5.97 Å². The average Bonchev–Trinajstić information content (AvgIpc) is 3.25. The molecule has 1 fully saturated rings. The summed E-state index contributed by atoms with van der Waals surface area (Å²) in [5, 5.41) is 1.77. The van der Waals surface area contributed by atoms with Crippen molar-refractivity contribution in [2.45, 2.75) is 17.7 Å². The Balaban J connectivity index is 1.61. The topological polar surface area (TPSA) is 81.3 Å². The van der Waals surface area contributed by atoms with Gasteiger partial charge in [-0.25, -0.2) is 13.2 Å². The van der Waals surface area contributed by atoms with E-state index in [4.69, 9.17) is 9.15 Å². The summed E-state index contributed by atoms with van der Waals surface area (Å²) in [6.07, 6.45) is 0. The number of rotatable bonds is 5. The quantitative estimate of drug-likeness (QED) is 0.759. The fourth-order valence-corrected chi connectivity index (χ4v) is 5.53. The van der Waals surface area contributed by atoms with Crippen molar-refractivity contribution in [1.29, 1.82) is 0 Å². The molecule has 0 aliphatic carbocycles. The third kappa shape index (κ3) is 3.79. The predicted molar refractivity (Wildman–Crippen MR) is 92.3 cm³/mol.